The third-order valence-electron chi connectivity index (χ3n) is 3.48. The Hall–Kier alpha value is -0.380. The zero-order valence-corrected chi connectivity index (χ0v) is 13.2. The summed E-state index contributed by atoms with van der Waals surface area (Å²) < 4.78 is 5.59. The number of ether oxygens (including phenoxy) is 1. The van der Waals surface area contributed by atoms with Crippen LogP contribution in [0.15, 0.2) is 11.6 Å². The first-order valence-electron chi connectivity index (χ1n) is 7.74. The van der Waals surface area contributed by atoms with Gasteiger partial charge in [0, 0.05) is 25.7 Å². The van der Waals surface area contributed by atoms with Crippen LogP contribution < -0.4 is 5.32 Å². The summed E-state index contributed by atoms with van der Waals surface area (Å²) in [6.07, 6.45) is 4.86. The molecule has 0 aromatic rings. The van der Waals surface area contributed by atoms with E-state index in [4.69, 9.17) is 4.74 Å². The van der Waals surface area contributed by atoms with E-state index < -0.39 is 0 Å². The number of nitrogens with zero attached hydrogens (tertiary/aromatic N) is 1. The molecule has 0 unspecified atom stereocenters. The van der Waals surface area contributed by atoms with Crippen LogP contribution in [0.4, 0.5) is 0 Å². The molecule has 19 heavy (non-hydrogen) atoms. The Morgan fingerprint density at radius 2 is 2.00 bits per heavy atom. The molecule has 112 valence electrons. The van der Waals surface area contributed by atoms with Crippen molar-refractivity contribution in [1.82, 2.24) is 10.2 Å². The molecule has 1 fully saturated rings. The van der Waals surface area contributed by atoms with Crippen LogP contribution >= 0.6 is 0 Å². The largest absolute Gasteiger partial charge is 0.380 e. The van der Waals surface area contributed by atoms with Gasteiger partial charge in [0.05, 0.1) is 6.61 Å². The quantitative estimate of drug-likeness (QED) is 0.541. The highest BCUT2D eigenvalue weighted by Crippen LogP contribution is 2.10. The molecule has 1 rings (SSSR count). The summed E-state index contributed by atoms with van der Waals surface area (Å²) in [5, 5.41) is 3.61. The number of piperidine rings is 1. The summed E-state index contributed by atoms with van der Waals surface area (Å²) in [4.78, 5) is 2.54. The number of likely N-dealkylation sites (tertiary alicyclic amines) is 1. The predicted molar refractivity (Wildman–Crippen MR) is 82.6 cm³/mol. The van der Waals surface area contributed by atoms with Crippen molar-refractivity contribution < 1.29 is 4.74 Å². The topological polar surface area (TPSA) is 24.5 Å². The highest BCUT2D eigenvalue weighted by Gasteiger charge is 2.17. The lowest BCUT2D eigenvalue weighted by Crippen LogP contribution is -2.43. The van der Waals surface area contributed by atoms with Gasteiger partial charge in [-0.05, 0) is 45.7 Å². The van der Waals surface area contributed by atoms with Gasteiger partial charge >= 0.3 is 0 Å². The van der Waals surface area contributed by atoms with E-state index in [0.29, 0.717) is 12.0 Å². The van der Waals surface area contributed by atoms with E-state index >= 15 is 0 Å². The van der Waals surface area contributed by atoms with E-state index in [1.165, 1.54) is 31.5 Å². The first-order valence-corrected chi connectivity index (χ1v) is 7.74. The first-order chi connectivity index (χ1) is 9.08. The van der Waals surface area contributed by atoms with Crippen molar-refractivity contribution in [2.45, 2.75) is 46.6 Å². The highest BCUT2D eigenvalue weighted by molar-refractivity contribution is 4.95. The normalized spacial score (nSPS) is 17.9. The lowest BCUT2D eigenvalue weighted by molar-refractivity contribution is 0.107. The lowest BCUT2D eigenvalue weighted by Gasteiger charge is -2.31. The summed E-state index contributed by atoms with van der Waals surface area (Å²) in [7, 11) is 0. The molecule has 1 heterocycles. The second-order valence-corrected chi connectivity index (χ2v) is 6.28. The van der Waals surface area contributed by atoms with Gasteiger partial charge < -0.3 is 10.1 Å². The van der Waals surface area contributed by atoms with Crippen molar-refractivity contribution >= 4 is 0 Å². The molecule has 0 atom stereocenters. The summed E-state index contributed by atoms with van der Waals surface area (Å²) in [6, 6.07) is 0.686. The van der Waals surface area contributed by atoms with Gasteiger partial charge in [-0.25, -0.2) is 0 Å². The Balaban J connectivity index is 2.02. The summed E-state index contributed by atoms with van der Waals surface area (Å²) in [5.41, 5.74) is 1.42. The zero-order chi connectivity index (χ0) is 14.1. The van der Waals surface area contributed by atoms with Crippen molar-refractivity contribution in [2.24, 2.45) is 5.92 Å². The van der Waals surface area contributed by atoms with Gasteiger partial charge in [0.2, 0.25) is 0 Å². The second kappa shape index (κ2) is 9.51. The number of nitrogens with one attached hydrogen (secondary N) is 1. The molecule has 0 aliphatic carbocycles. The molecule has 1 saturated heterocycles. The van der Waals surface area contributed by atoms with Crippen LogP contribution in [0, 0.1) is 5.92 Å². The van der Waals surface area contributed by atoms with Crippen LogP contribution in [0.25, 0.3) is 0 Å². The van der Waals surface area contributed by atoms with Crippen molar-refractivity contribution in [3.8, 4) is 0 Å². The maximum Gasteiger partial charge on any atom is 0.0591 e. The van der Waals surface area contributed by atoms with Crippen LogP contribution in [0.2, 0.25) is 0 Å². The van der Waals surface area contributed by atoms with Crippen LogP contribution in [0.5, 0.6) is 0 Å². The Kier molecular flexibility index (Phi) is 8.35. The minimum atomic E-state index is 0.637. The second-order valence-electron chi connectivity index (χ2n) is 6.28. The Morgan fingerprint density at radius 3 is 2.58 bits per heavy atom. The third-order valence-corrected chi connectivity index (χ3v) is 3.48. The first kappa shape index (κ1) is 16.7. The molecular formula is C16H32N2O. The number of hydrogen-bond acceptors (Lipinski definition) is 3. The fourth-order valence-corrected chi connectivity index (χ4v) is 2.29. The van der Waals surface area contributed by atoms with Gasteiger partial charge in [-0.3, -0.25) is 4.90 Å². The van der Waals surface area contributed by atoms with Gasteiger partial charge in [-0.2, -0.15) is 0 Å². The molecular weight excluding hydrogens is 236 g/mol. The zero-order valence-electron chi connectivity index (χ0n) is 13.2. The maximum atomic E-state index is 5.59. The molecule has 1 N–H and O–H groups in total. The van der Waals surface area contributed by atoms with Crippen LogP contribution in [-0.2, 0) is 4.74 Å². The Bertz CT molecular complexity index is 251. The van der Waals surface area contributed by atoms with E-state index in [9.17, 15) is 0 Å². The number of rotatable bonds is 8. The average molecular weight is 268 g/mol. The molecule has 1 aliphatic heterocycles. The molecule has 3 heteroatoms. The highest BCUT2D eigenvalue weighted by atomic mass is 16.5. The van der Waals surface area contributed by atoms with Gasteiger partial charge in [-0.1, -0.05) is 25.5 Å². The molecule has 1 aliphatic rings. The molecule has 3 nitrogen and oxygen atoms in total. The standard InChI is InChI=1S/C16H32N2O/c1-14(2)5-9-18-10-6-16(7-11-18)17-8-12-19-13-15(3)4/h5,15-17H,6-13H2,1-4H3. The van der Waals surface area contributed by atoms with E-state index in [1.54, 1.807) is 0 Å². The van der Waals surface area contributed by atoms with E-state index in [2.05, 4.69) is 44.0 Å². The molecule has 0 aromatic carbocycles. The summed E-state index contributed by atoms with van der Waals surface area (Å²) in [5.74, 6) is 0.637. The van der Waals surface area contributed by atoms with Crippen LogP contribution in [-0.4, -0.2) is 50.3 Å². The van der Waals surface area contributed by atoms with Gasteiger partial charge in [0.1, 0.15) is 0 Å². The lowest BCUT2D eigenvalue weighted by atomic mass is 10.1. The Morgan fingerprint density at radius 1 is 1.32 bits per heavy atom. The monoisotopic (exact) mass is 268 g/mol. The third kappa shape index (κ3) is 8.40. The fourth-order valence-electron chi connectivity index (χ4n) is 2.29. The van der Waals surface area contributed by atoms with Gasteiger partial charge in [0.25, 0.3) is 0 Å². The molecule has 0 saturated carbocycles. The van der Waals surface area contributed by atoms with Crippen LogP contribution in [0.3, 0.4) is 0 Å². The molecule has 0 radical (unpaired) electrons. The van der Waals surface area contributed by atoms with Crippen molar-refractivity contribution in [1.29, 1.82) is 0 Å². The molecule has 0 aromatic heterocycles. The SMILES string of the molecule is CC(C)=CCN1CCC(NCCOCC(C)C)CC1. The van der Waals surface area contributed by atoms with Crippen molar-refractivity contribution in [3.05, 3.63) is 11.6 Å². The summed E-state index contributed by atoms with van der Waals surface area (Å²) in [6.45, 7) is 15.0. The number of hydrogen-bond donors (Lipinski definition) is 1. The molecule has 0 amide bonds. The van der Waals surface area contributed by atoms with E-state index in [0.717, 1.165) is 26.3 Å². The van der Waals surface area contributed by atoms with Crippen LogP contribution in [0.1, 0.15) is 40.5 Å². The fraction of sp³-hybridized carbons (Fsp3) is 0.875. The molecule has 0 bridgehead atoms. The smallest absolute Gasteiger partial charge is 0.0591 e. The van der Waals surface area contributed by atoms with Crippen molar-refractivity contribution in [3.63, 3.8) is 0 Å². The minimum Gasteiger partial charge on any atom is -0.380 e. The van der Waals surface area contributed by atoms with Gasteiger partial charge in [0.15, 0.2) is 0 Å². The summed E-state index contributed by atoms with van der Waals surface area (Å²) >= 11 is 0. The minimum absolute atomic E-state index is 0.637. The Labute approximate surface area is 119 Å². The predicted octanol–water partition coefficient (Wildman–Crippen LogP) is 2.68. The van der Waals surface area contributed by atoms with E-state index in [-0.39, 0.29) is 0 Å². The maximum absolute atomic E-state index is 5.59. The average Bonchev–Trinajstić information content (AvgIpc) is 2.37. The van der Waals surface area contributed by atoms with Crippen molar-refractivity contribution in [2.75, 3.05) is 39.4 Å². The van der Waals surface area contributed by atoms with Gasteiger partial charge in [-0.15, -0.1) is 0 Å². The molecule has 0 spiro atoms. The number of allylic oxidation sites excluding steroid dienone is 1. The van der Waals surface area contributed by atoms with E-state index in [1.807, 2.05) is 0 Å².